The van der Waals surface area contributed by atoms with Gasteiger partial charge in [0, 0.05) is 44.8 Å². The van der Waals surface area contributed by atoms with Crippen molar-refractivity contribution in [2.24, 2.45) is 0 Å². The van der Waals surface area contributed by atoms with E-state index in [9.17, 15) is 4.79 Å². The van der Waals surface area contributed by atoms with E-state index in [2.05, 4.69) is 57.8 Å². The van der Waals surface area contributed by atoms with Crippen LogP contribution in [0.3, 0.4) is 0 Å². The molecule has 1 saturated heterocycles. The lowest BCUT2D eigenvalue weighted by atomic mass is 10.2. The number of aromatic nitrogens is 2. The maximum Gasteiger partial charge on any atom is 0.271 e. The first-order chi connectivity index (χ1) is 17.4. The maximum absolute atomic E-state index is 13.0. The van der Waals surface area contributed by atoms with Gasteiger partial charge in [0.25, 0.3) is 5.91 Å². The molecule has 1 N–H and O–H groups in total. The summed E-state index contributed by atoms with van der Waals surface area (Å²) >= 11 is 12.6. The number of nitrogens with zero attached hydrogens (tertiary/aromatic N) is 4. The van der Waals surface area contributed by atoms with Crippen LogP contribution in [0.15, 0.2) is 42.5 Å². The molecule has 0 bridgehead atoms. The van der Waals surface area contributed by atoms with Crippen LogP contribution >= 0.6 is 23.2 Å². The van der Waals surface area contributed by atoms with Crippen LogP contribution < -0.4 is 10.2 Å². The van der Waals surface area contributed by atoms with E-state index < -0.39 is 0 Å². The quantitative estimate of drug-likeness (QED) is 0.363. The van der Waals surface area contributed by atoms with Crippen molar-refractivity contribution < 1.29 is 4.79 Å². The van der Waals surface area contributed by atoms with Crippen LogP contribution in [0.25, 0.3) is 5.69 Å². The van der Waals surface area contributed by atoms with Crippen LogP contribution in [-0.2, 0) is 6.42 Å². The topological polar surface area (TPSA) is 53.4 Å². The van der Waals surface area contributed by atoms with Gasteiger partial charge in [-0.15, -0.1) is 0 Å². The lowest BCUT2D eigenvalue weighted by molar-refractivity contribution is 0.0946. The predicted octanol–water partition coefficient (Wildman–Crippen LogP) is 5.69. The Morgan fingerprint density at radius 3 is 2.44 bits per heavy atom. The van der Waals surface area contributed by atoms with E-state index >= 15 is 0 Å². The van der Waals surface area contributed by atoms with Crippen molar-refractivity contribution in [3.63, 3.8) is 0 Å². The fourth-order valence-corrected chi connectivity index (χ4v) is 5.15. The second kappa shape index (κ2) is 12.1. The molecule has 0 saturated carbocycles. The van der Waals surface area contributed by atoms with Gasteiger partial charge in [-0.1, -0.05) is 53.9 Å². The number of carbonyl (C=O) groups excluding carboxylic acids is 1. The van der Waals surface area contributed by atoms with Gasteiger partial charge in [0.05, 0.1) is 21.4 Å². The first-order valence-corrected chi connectivity index (χ1v) is 13.5. The molecule has 0 unspecified atom stereocenters. The van der Waals surface area contributed by atoms with Crippen LogP contribution in [0.5, 0.6) is 0 Å². The third kappa shape index (κ3) is 6.05. The van der Waals surface area contributed by atoms with E-state index in [-0.39, 0.29) is 5.91 Å². The Morgan fingerprint density at radius 2 is 1.75 bits per heavy atom. The molecule has 0 spiro atoms. The molecule has 3 aromatic rings. The number of amides is 1. The van der Waals surface area contributed by atoms with Gasteiger partial charge in [0.1, 0.15) is 11.5 Å². The van der Waals surface area contributed by atoms with Gasteiger partial charge < -0.3 is 14.8 Å². The van der Waals surface area contributed by atoms with Gasteiger partial charge in [-0.25, -0.2) is 4.98 Å². The van der Waals surface area contributed by atoms with Gasteiger partial charge in [-0.05, 0) is 57.5 Å². The molecule has 6 nitrogen and oxygen atoms in total. The standard InChI is InChI=1S/C28H35Cl2N5O/c1-4-7-25-32-27(21(3)35(25)22-12-10-20(2)11-13-22)28(36)31-14-6-15-33-16-18-34(19-17-33)24-9-5-8-23(29)26(24)30/h5,8-13H,4,6-7,14-19H2,1-3H3,(H,31,36). The Bertz CT molecular complexity index is 1180. The van der Waals surface area contributed by atoms with Crippen LogP contribution in [0.4, 0.5) is 5.69 Å². The lowest BCUT2D eigenvalue weighted by Gasteiger charge is -2.36. The van der Waals surface area contributed by atoms with E-state index in [0.717, 1.165) is 74.9 Å². The first-order valence-electron chi connectivity index (χ1n) is 12.7. The summed E-state index contributed by atoms with van der Waals surface area (Å²) in [5.74, 6) is 0.831. The number of hydrogen-bond acceptors (Lipinski definition) is 4. The normalized spacial score (nSPS) is 14.3. The summed E-state index contributed by atoms with van der Waals surface area (Å²) in [6.07, 6.45) is 2.69. The number of carbonyl (C=O) groups is 1. The molecule has 1 aliphatic heterocycles. The number of piperazine rings is 1. The van der Waals surface area contributed by atoms with Crippen LogP contribution in [0.1, 0.15) is 47.3 Å². The molecule has 0 atom stereocenters. The number of anilines is 1. The Labute approximate surface area is 224 Å². The Balaban J connectivity index is 1.29. The van der Waals surface area contributed by atoms with Crippen molar-refractivity contribution in [3.05, 3.63) is 75.3 Å². The number of benzene rings is 2. The van der Waals surface area contributed by atoms with Crippen molar-refractivity contribution in [1.82, 2.24) is 19.8 Å². The molecule has 8 heteroatoms. The highest BCUT2D eigenvalue weighted by atomic mass is 35.5. The van der Waals surface area contributed by atoms with Gasteiger partial charge in [-0.3, -0.25) is 9.69 Å². The van der Waals surface area contributed by atoms with Crippen molar-refractivity contribution in [2.75, 3.05) is 44.2 Å². The number of aryl methyl sites for hydroxylation is 2. The Hall–Kier alpha value is -2.54. The maximum atomic E-state index is 13.0. The fourth-order valence-electron chi connectivity index (χ4n) is 4.74. The molecule has 1 aromatic heterocycles. The second-order valence-electron chi connectivity index (χ2n) is 9.39. The van der Waals surface area contributed by atoms with E-state index in [0.29, 0.717) is 22.3 Å². The van der Waals surface area contributed by atoms with Crippen molar-refractivity contribution >= 4 is 34.8 Å². The van der Waals surface area contributed by atoms with Crippen molar-refractivity contribution in [2.45, 2.75) is 40.0 Å². The van der Waals surface area contributed by atoms with E-state index in [1.165, 1.54) is 5.56 Å². The van der Waals surface area contributed by atoms with Gasteiger partial charge in [-0.2, -0.15) is 0 Å². The lowest BCUT2D eigenvalue weighted by Crippen LogP contribution is -2.47. The first kappa shape index (κ1) is 26.5. The van der Waals surface area contributed by atoms with Crippen molar-refractivity contribution in [3.8, 4) is 5.69 Å². The third-order valence-corrected chi connectivity index (χ3v) is 7.55. The molecule has 2 heterocycles. The molecule has 4 rings (SSSR count). The monoisotopic (exact) mass is 527 g/mol. The number of imidazole rings is 1. The summed E-state index contributed by atoms with van der Waals surface area (Å²) < 4.78 is 2.11. The summed E-state index contributed by atoms with van der Waals surface area (Å²) in [6, 6.07) is 14.1. The smallest absolute Gasteiger partial charge is 0.271 e. The third-order valence-electron chi connectivity index (χ3n) is 6.74. The zero-order chi connectivity index (χ0) is 25.7. The molecule has 36 heavy (non-hydrogen) atoms. The fraction of sp³-hybridized carbons (Fsp3) is 0.429. The van der Waals surface area contributed by atoms with Gasteiger partial charge >= 0.3 is 0 Å². The summed E-state index contributed by atoms with van der Waals surface area (Å²) in [4.78, 5) is 22.4. The summed E-state index contributed by atoms with van der Waals surface area (Å²) in [6.45, 7) is 11.5. The summed E-state index contributed by atoms with van der Waals surface area (Å²) in [5, 5.41) is 4.30. The molecule has 2 aromatic carbocycles. The molecule has 0 radical (unpaired) electrons. The molecule has 0 aliphatic carbocycles. The van der Waals surface area contributed by atoms with Crippen LogP contribution in [0.2, 0.25) is 10.0 Å². The van der Waals surface area contributed by atoms with Crippen LogP contribution in [-0.4, -0.2) is 59.6 Å². The van der Waals surface area contributed by atoms with Gasteiger partial charge in [0.2, 0.25) is 0 Å². The average Bonchev–Trinajstić information content (AvgIpc) is 3.20. The number of nitrogens with one attached hydrogen (secondary N) is 1. The van der Waals surface area contributed by atoms with Gasteiger partial charge in [0.15, 0.2) is 0 Å². The second-order valence-corrected chi connectivity index (χ2v) is 10.2. The molecule has 1 aliphatic rings. The molecular formula is C28H35Cl2N5O. The molecular weight excluding hydrogens is 493 g/mol. The molecule has 1 amide bonds. The average molecular weight is 529 g/mol. The minimum Gasteiger partial charge on any atom is -0.368 e. The zero-order valence-electron chi connectivity index (χ0n) is 21.4. The van der Waals surface area contributed by atoms with E-state index in [1.807, 2.05) is 25.1 Å². The summed E-state index contributed by atoms with van der Waals surface area (Å²) in [5.41, 5.74) is 4.66. The van der Waals surface area contributed by atoms with E-state index in [4.69, 9.17) is 28.2 Å². The van der Waals surface area contributed by atoms with E-state index in [1.54, 1.807) is 0 Å². The molecule has 192 valence electrons. The Kier molecular flexibility index (Phi) is 8.94. The number of rotatable bonds is 9. The largest absolute Gasteiger partial charge is 0.368 e. The molecule has 1 fully saturated rings. The van der Waals surface area contributed by atoms with Crippen LogP contribution in [0, 0.1) is 13.8 Å². The minimum absolute atomic E-state index is 0.101. The predicted molar refractivity (Wildman–Crippen MR) is 149 cm³/mol. The highest BCUT2D eigenvalue weighted by molar-refractivity contribution is 6.43. The Morgan fingerprint density at radius 1 is 1.03 bits per heavy atom. The minimum atomic E-state index is -0.101. The SMILES string of the molecule is CCCc1nc(C(=O)NCCCN2CCN(c3cccc(Cl)c3Cl)CC2)c(C)n1-c1ccc(C)cc1. The highest BCUT2D eigenvalue weighted by Crippen LogP contribution is 2.32. The number of hydrogen-bond donors (Lipinski definition) is 1. The van der Waals surface area contributed by atoms with Crippen molar-refractivity contribution in [1.29, 1.82) is 0 Å². The zero-order valence-corrected chi connectivity index (χ0v) is 22.9. The summed E-state index contributed by atoms with van der Waals surface area (Å²) in [7, 11) is 0. The number of halogens is 2. The highest BCUT2D eigenvalue weighted by Gasteiger charge is 2.21.